The summed E-state index contributed by atoms with van der Waals surface area (Å²) in [7, 11) is 3.17. The third kappa shape index (κ3) is 3.07. The Labute approximate surface area is 110 Å². The lowest BCUT2D eigenvalue weighted by Crippen LogP contribution is -1.90. The van der Waals surface area contributed by atoms with Gasteiger partial charge in [-0.15, -0.1) is 5.10 Å². The van der Waals surface area contributed by atoms with Gasteiger partial charge in [-0.2, -0.15) is 0 Å². The van der Waals surface area contributed by atoms with E-state index in [9.17, 15) is 0 Å². The van der Waals surface area contributed by atoms with Crippen molar-refractivity contribution in [2.75, 3.05) is 14.2 Å². The van der Waals surface area contributed by atoms with Crippen LogP contribution in [0.3, 0.4) is 0 Å². The Morgan fingerprint density at radius 1 is 1.00 bits per heavy atom. The summed E-state index contributed by atoms with van der Waals surface area (Å²) in [5, 5.41) is 8.09. The van der Waals surface area contributed by atoms with E-state index in [0.717, 1.165) is 0 Å². The van der Waals surface area contributed by atoms with Gasteiger partial charge in [-0.25, -0.2) is 0 Å². The molecule has 1 aromatic heterocycles. The number of nitrogens with zero attached hydrogens (tertiary/aromatic N) is 2. The number of halogens is 1. The van der Waals surface area contributed by atoms with Gasteiger partial charge in [0.25, 0.3) is 5.19 Å². The molecule has 0 saturated heterocycles. The number of benzene rings is 1. The fourth-order valence-electron chi connectivity index (χ4n) is 1.18. The van der Waals surface area contributed by atoms with Crippen LogP contribution in [0.1, 0.15) is 0 Å². The lowest BCUT2D eigenvalue weighted by Gasteiger charge is -2.07. The van der Waals surface area contributed by atoms with Crippen molar-refractivity contribution in [2.24, 2.45) is 0 Å². The van der Waals surface area contributed by atoms with Crippen LogP contribution in [0, 0.1) is 0 Å². The van der Waals surface area contributed by atoms with Crippen LogP contribution in [-0.4, -0.2) is 24.4 Å². The molecule has 0 bridgehead atoms. The quantitative estimate of drug-likeness (QED) is 0.867. The lowest BCUT2D eigenvalue weighted by molar-refractivity contribution is 0.386. The van der Waals surface area contributed by atoms with E-state index in [1.165, 1.54) is 11.3 Å². The van der Waals surface area contributed by atoms with Gasteiger partial charge in [0.2, 0.25) is 0 Å². The summed E-state index contributed by atoms with van der Waals surface area (Å²) in [6.45, 7) is 0. The van der Waals surface area contributed by atoms with Gasteiger partial charge in [0.05, 0.1) is 14.2 Å². The molecule has 1 aromatic carbocycles. The second kappa shape index (κ2) is 5.33. The highest BCUT2D eigenvalue weighted by Gasteiger charge is 2.07. The minimum atomic E-state index is 0.451. The van der Waals surface area contributed by atoms with Crippen molar-refractivity contribution in [3.8, 4) is 22.4 Å². The monoisotopic (exact) mass is 316 g/mol. The number of methoxy groups -OCH3 is 2. The van der Waals surface area contributed by atoms with Crippen molar-refractivity contribution >= 4 is 27.3 Å². The van der Waals surface area contributed by atoms with Gasteiger partial charge >= 0.3 is 0 Å². The molecule has 0 aliphatic carbocycles. The van der Waals surface area contributed by atoms with E-state index in [0.29, 0.717) is 26.4 Å². The molecule has 0 aliphatic rings. The SMILES string of the molecule is COc1cc(OC)cc(Oc2nnc(Br)s2)c1. The molecule has 90 valence electrons. The fourth-order valence-corrected chi connectivity index (χ4v) is 2.12. The predicted molar refractivity (Wildman–Crippen MR) is 67.2 cm³/mol. The van der Waals surface area contributed by atoms with Crippen LogP contribution in [0.5, 0.6) is 22.4 Å². The Morgan fingerprint density at radius 3 is 2.06 bits per heavy atom. The summed E-state index contributed by atoms with van der Waals surface area (Å²) in [4.78, 5) is 0. The molecule has 0 amide bonds. The molecular weight excluding hydrogens is 308 g/mol. The summed E-state index contributed by atoms with van der Waals surface area (Å²) in [5.41, 5.74) is 0. The predicted octanol–water partition coefficient (Wildman–Crippen LogP) is 3.11. The number of aromatic nitrogens is 2. The molecule has 0 fully saturated rings. The van der Waals surface area contributed by atoms with Crippen molar-refractivity contribution in [3.63, 3.8) is 0 Å². The summed E-state index contributed by atoms with van der Waals surface area (Å²) in [6, 6.07) is 5.26. The Bertz CT molecular complexity index is 496. The standard InChI is InChI=1S/C10H9BrN2O3S/c1-14-6-3-7(15-2)5-8(4-6)16-10-13-12-9(11)17-10/h3-5H,1-2H3. The van der Waals surface area contributed by atoms with Crippen molar-refractivity contribution in [1.29, 1.82) is 0 Å². The maximum Gasteiger partial charge on any atom is 0.300 e. The maximum absolute atomic E-state index is 5.54. The first kappa shape index (κ1) is 12.1. The second-order valence-corrected chi connectivity index (χ2v) is 5.19. The Morgan fingerprint density at radius 2 is 1.59 bits per heavy atom. The largest absolute Gasteiger partial charge is 0.496 e. The molecule has 5 nitrogen and oxygen atoms in total. The van der Waals surface area contributed by atoms with E-state index in [-0.39, 0.29) is 0 Å². The lowest BCUT2D eigenvalue weighted by atomic mass is 10.3. The molecular formula is C10H9BrN2O3S. The van der Waals surface area contributed by atoms with Gasteiger partial charge < -0.3 is 14.2 Å². The van der Waals surface area contributed by atoms with Gasteiger partial charge in [-0.1, -0.05) is 5.10 Å². The number of ether oxygens (including phenoxy) is 3. The molecule has 17 heavy (non-hydrogen) atoms. The van der Waals surface area contributed by atoms with E-state index in [1.54, 1.807) is 32.4 Å². The first-order valence-electron chi connectivity index (χ1n) is 4.61. The van der Waals surface area contributed by atoms with Crippen LogP contribution in [0.15, 0.2) is 22.1 Å². The maximum atomic E-state index is 5.54. The third-order valence-electron chi connectivity index (χ3n) is 1.91. The van der Waals surface area contributed by atoms with Crippen molar-refractivity contribution in [3.05, 3.63) is 22.1 Å². The third-order valence-corrected chi connectivity index (χ3v) is 3.15. The van der Waals surface area contributed by atoms with Gasteiger partial charge in [0.1, 0.15) is 17.2 Å². The number of hydrogen-bond donors (Lipinski definition) is 0. The fraction of sp³-hybridized carbons (Fsp3) is 0.200. The molecule has 1 heterocycles. The zero-order valence-electron chi connectivity index (χ0n) is 9.14. The normalized spacial score (nSPS) is 10.1. The van der Waals surface area contributed by atoms with Crippen molar-refractivity contribution in [1.82, 2.24) is 10.2 Å². The molecule has 0 radical (unpaired) electrons. The van der Waals surface area contributed by atoms with E-state index >= 15 is 0 Å². The van der Waals surface area contributed by atoms with Gasteiger partial charge in [0, 0.05) is 18.2 Å². The molecule has 0 spiro atoms. The van der Waals surface area contributed by atoms with Gasteiger partial charge in [0.15, 0.2) is 3.92 Å². The molecule has 0 N–H and O–H groups in total. The average molecular weight is 317 g/mol. The summed E-state index contributed by atoms with van der Waals surface area (Å²) < 4.78 is 16.5. The second-order valence-electron chi connectivity index (χ2n) is 2.97. The van der Waals surface area contributed by atoms with Crippen LogP contribution >= 0.6 is 27.3 Å². The summed E-state index contributed by atoms with van der Waals surface area (Å²) in [5.74, 6) is 1.90. The molecule has 2 aromatic rings. The van der Waals surface area contributed by atoms with Crippen LogP contribution in [0.25, 0.3) is 0 Å². The highest BCUT2D eigenvalue weighted by Crippen LogP contribution is 2.32. The molecule has 0 aliphatic heterocycles. The van der Waals surface area contributed by atoms with Crippen molar-refractivity contribution in [2.45, 2.75) is 0 Å². The van der Waals surface area contributed by atoms with E-state index < -0.39 is 0 Å². The first-order valence-corrected chi connectivity index (χ1v) is 6.22. The van der Waals surface area contributed by atoms with Crippen LogP contribution < -0.4 is 14.2 Å². The Balaban J connectivity index is 2.25. The van der Waals surface area contributed by atoms with E-state index in [1.807, 2.05) is 0 Å². The summed E-state index contributed by atoms with van der Waals surface area (Å²) in [6.07, 6.45) is 0. The highest BCUT2D eigenvalue weighted by atomic mass is 79.9. The zero-order chi connectivity index (χ0) is 12.3. The Hall–Kier alpha value is -1.34. The Kier molecular flexibility index (Phi) is 3.80. The number of hydrogen-bond acceptors (Lipinski definition) is 6. The number of rotatable bonds is 4. The van der Waals surface area contributed by atoms with E-state index in [4.69, 9.17) is 14.2 Å². The molecule has 0 unspecified atom stereocenters. The first-order chi connectivity index (χ1) is 8.21. The average Bonchev–Trinajstić information content (AvgIpc) is 2.74. The molecule has 7 heteroatoms. The smallest absolute Gasteiger partial charge is 0.300 e. The van der Waals surface area contributed by atoms with Crippen LogP contribution in [0.4, 0.5) is 0 Å². The van der Waals surface area contributed by atoms with Gasteiger partial charge in [-0.3, -0.25) is 0 Å². The molecule has 0 atom stereocenters. The molecule has 2 rings (SSSR count). The van der Waals surface area contributed by atoms with Crippen LogP contribution in [0.2, 0.25) is 0 Å². The summed E-state index contributed by atoms with van der Waals surface area (Å²) >= 11 is 4.52. The highest BCUT2D eigenvalue weighted by molar-refractivity contribution is 9.11. The minimum Gasteiger partial charge on any atom is -0.496 e. The van der Waals surface area contributed by atoms with E-state index in [2.05, 4.69) is 26.1 Å². The molecule has 0 saturated carbocycles. The topological polar surface area (TPSA) is 53.5 Å². The minimum absolute atomic E-state index is 0.451. The van der Waals surface area contributed by atoms with Gasteiger partial charge in [-0.05, 0) is 27.3 Å². The van der Waals surface area contributed by atoms with Crippen molar-refractivity contribution < 1.29 is 14.2 Å². The zero-order valence-corrected chi connectivity index (χ0v) is 11.5. The van der Waals surface area contributed by atoms with Crippen LogP contribution in [-0.2, 0) is 0 Å².